The zero-order valence-electron chi connectivity index (χ0n) is 14.1. The van der Waals surface area contributed by atoms with Crippen LogP contribution in [-0.2, 0) is 0 Å². The molecule has 0 fully saturated rings. The average Bonchev–Trinajstić information content (AvgIpc) is 2.64. The molecule has 0 saturated carbocycles. The molecule has 0 spiro atoms. The summed E-state index contributed by atoms with van der Waals surface area (Å²) in [5, 5.41) is 1.17. The summed E-state index contributed by atoms with van der Waals surface area (Å²) in [5.74, 6) is 0.937. The number of para-hydroxylation sites is 1. The molecule has 0 aliphatic heterocycles. The summed E-state index contributed by atoms with van der Waals surface area (Å²) < 4.78 is 5.74. The Morgan fingerprint density at radius 3 is 2.54 bits per heavy atom. The van der Waals surface area contributed by atoms with Crippen LogP contribution in [0.15, 0.2) is 60.7 Å². The highest BCUT2D eigenvalue weighted by atomic mass is 16.5. The topological polar surface area (TPSA) is 22.1 Å². The normalized spacial score (nSPS) is 11.2. The molecule has 2 aromatic carbocycles. The SMILES string of the molecule is CCCCCOc1ccc(/C=C/c2ccc3ccccc3n2)cc1. The Morgan fingerprint density at radius 1 is 0.875 bits per heavy atom. The number of fused-ring (bicyclic) bond motifs is 1. The molecule has 24 heavy (non-hydrogen) atoms. The third-order valence-electron chi connectivity index (χ3n) is 3.96. The van der Waals surface area contributed by atoms with Gasteiger partial charge in [-0.25, -0.2) is 4.98 Å². The van der Waals surface area contributed by atoms with Crippen molar-refractivity contribution in [2.45, 2.75) is 26.2 Å². The third-order valence-corrected chi connectivity index (χ3v) is 3.96. The van der Waals surface area contributed by atoms with E-state index in [1.165, 1.54) is 18.2 Å². The second-order valence-corrected chi connectivity index (χ2v) is 5.89. The van der Waals surface area contributed by atoms with E-state index in [9.17, 15) is 0 Å². The van der Waals surface area contributed by atoms with E-state index in [0.29, 0.717) is 0 Å². The Balaban J connectivity index is 1.63. The van der Waals surface area contributed by atoms with Gasteiger partial charge in [-0.1, -0.05) is 62.2 Å². The van der Waals surface area contributed by atoms with Gasteiger partial charge in [0.2, 0.25) is 0 Å². The lowest BCUT2D eigenvalue weighted by Gasteiger charge is -2.05. The Hall–Kier alpha value is -2.61. The number of ether oxygens (including phenoxy) is 1. The van der Waals surface area contributed by atoms with Crippen molar-refractivity contribution in [3.63, 3.8) is 0 Å². The molecule has 122 valence electrons. The molecule has 2 nitrogen and oxygen atoms in total. The predicted molar refractivity (Wildman–Crippen MR) is 102 cm³/mol. The molecule has 0 unspecified atom stereocenters. The van der Waals surface area contributed by atoms with Gasteiger partial charge in [0.25, 0.3) is 0 Å². The van der Waals surface area contributed by atoms with Gasteiger partial charge in [0.15, 0.2) is 0 Å². The molecule has 0 radical (unpaired) electrons. The van der Waals surface area contributed by atoms with Crippen molar-refractivity contribution in [3.8, 4) is 5.75 Å². The quantitative estimate of drug-likeness (QED) is 0.500. The van der Waals surface area contributed by atoms with Gasteiger partial charge in [-0.15, -0.1) is 0 Å². The Morgan fingerprint density at radius 2 is 1.71 bits per heavy atom. The van der Waals surface area contributed by atoms with E-state index >= 15 is 0 Å². The number of rotatable bonds is 7. The van der Waals surface area contributed by atoms with Crippen LogP contribution < -0.4 is 4.74 Å². The van der Waals surface area contributed by atoms with Crippen molar-refractivity contribution < 1.29 is 4.74 Å². The average molecular weight is 317 g/mol. The van der Waals surface area contributed by atoms with Gasteiger partial charge in [0, 0.05) is 5.39 Å². The van der Waals surface area contributed by atoms with Crippen molar-refractivity contribution in [2.75, 3.05) is 6.61 Å². The molecule has 2 heteroatoms. The maximum absolute atomic E-state index is 5.74. The van der Waals surface area contributed by atoms with Gasteiger partial charge in [-0.2, -0.15) is 0 Å². The van der Waals surface area contributed by atoms with Crippen LogP contribution in [0.1, 0.15) is 37.4 Å². The van der Waals surface area contributed by atoms with Gasteiger partial charge in [0.05, 0.1) is 17.8 Å². The van der Waals surface area contributed by atoms with Crippen molar-refractivity contribution in [1.82, 2.24) is 4.98 Å². The minimum atomic E-state index is 0.796. The zero-order valence-corrected chi connectivity index (χ0v) is 14.1. The maximum atomic E-state index is 5.74. The van der Waals surface area contributed by atoms with Crippen molar-refractivity contribution in [2.24, 2.45) is 0 Å². The van der Waals surface area contributed by atoms with Crippen LogP contribution in [0.5, 0.6) is 5.75 Å². The number of hydrogen-bond donors (Lipinski definition) is 0. The summed E-state index contributed by atoms with van der Waals surface area (Å²) in [6.45, 7) is 3.00. The summed E-state index contributed by atoms with van der Waals surface area (Å²) in [7, 11) is 0. The van der Waals surface area contributed by atoms with Crippen LogP contribution >= 0.6 is 0 Å². The molecule has 0 saturated heterocycles. The van der Waals surface area contributed by atoms with Crippen LogP contribution in [0, 0.1) is 0 Å². The summed E-state index contributed by atoms with van der Waals surface area (Å²) in [6.07, 6.45) is 7.68. The van der Waals surface area contributed by atoms with Gasteiger partial charge in [-0.05, 0) is 42.3 Å². The molecule has 1 heterocycles. The van der Waals surface area contributed by atoms with Crippen LogP contribution in [0.4, 0.5) is 0 Å². The van der Waals surface area contributed by atoms with Crippen LogP contribution in [0.3, 0.4) is 0 Å². The molecule has 3 aromatic rings. The predicted octanol–water partition coefficient (Wildman–Crippen LogP) is 5.97. The molecule has 0 aliphatic carbocycles. The number of pyridine rings is 1. The lowest BCUT2D eigenvalue weighted by molar-refractivity contribution is 0.306. The number of benzene rings is 2. The summed E-state index contributed by atoms with van der Waals surface area (Å²) >= 11 is 0. The first-order valence-corrected chi connectivity index (χ1v) is 8.62. The molecule has 0 bridgehead atoms. The lowest BCUT2D eigenvalue weighted by atomic mass is 10.1. The second kappa shape index (κ2) is 8.30. The fraction of sp³-hybridized carbons (Fsp3) is 0.227. The van der Waals surface area contributed by atoms with E-state index < -0.39 is 0 Å². The number of aromatic nitrogens is 1. The van der Waals surface area contributed by atoms with Crippen molar-refractivity contribution in [1.29, 1.82) is 0 Å². The van der Waals surface area contributed by atoms with Gasteiger partial charge >= 0.3 is 0 Å². The number of nitrogens with zero attached hydrogens (tertiary/aromatic N) is 1. The first kappa shape index (κ1) is 16.3. The lowest BCUT2D eigenvalue weighted by Crippen LogP contribution is -1.96. The van der Waals surface area contributed by atoms with Crippen LogP contribution in [0.2, 0.25) is 0 Å². The number of hydrogen-bond acceptors (Lipinski definition) is 2. The summed E-state index contributed by atoms with van der Waals surface area (Å²) in [5.41, 5.74) is 3.13. The van der Waals surface area contributed by atoms with E-state index in [0.717, 1.165) is 35.6 Å². The molecule has 1 aromatic heterocycles. The van der Waals surface area contributed by atoms with Crippen molar-refractivity contribution in [3.05, 3.63) is 71.9 Å². The first-order valence-electron chi connectivity index (χ1n) is 8.62. The maximum Gasteiger partial charge on any atom is 0.119 e. The van der Waals surface area contributed by atoms with E-state index in [1.807, 2.05) is 42.5 Å². The summed E-state index contributed by atoms with van der Waals surface area (Å²) in [4.78, 5) is 4.65. The smallest absolute Gasteiger partial charge is 0.119 e. The molecular weight excluding hydrogens is 294 g/mol. The molecular formula is C22H23NO. The first-order chi connectivity index (χ1) is 11.8. The molecule has 0 amide bonds. The van der Waals surface area contributed by atoms with E-state index in [1.54, 1.807) is 0 Å². The highest BCUT2D eigenvalue weighted by Gasteiger charge is 1.96. The molecule has 0 N–H and O–H groups in total. The van der Waals surface area contributed by atoms with Crippen LogP contribution in [-0.4, -0.2) is 11.6 Å². The highest BCUT2D eigenvalue weighted by molar-refractivity contribution is 5.80. The zero-order chi connectivity index (χ0) is 16.6. The van der Waals surface area contributed by atoms with Crippen LogP contribution in [0.25, 0.3) is 23.1 Å². The Kier molecular flexibility index (Phi) is 5.62. The molecule has 0 aliphatic rings. The van der Waals surface area contributed by atoms with Gasteiger partial charge < -0.3 is 4.74 Å². The highest BCUT2D eigenvalue weighted by Crippen LogP contribution is 2.16. The summed E-state index contributed by atoms with van der Waals surface area (Å²) in [6, 6.07) is 20.5. The third kappa shape index (κ3) is 4.45. The largest absolute Gasteiger partial charge is 0.494 e. The minimum Gasteiger partial charge on any atom is -0.494 e. The van der Waals surface area contributed by atoms with E-state index in [4.69, 9.17) is 4.74 Å². The van der Waals surface area contributed by atoms with E-state index in [-0.39, 0.29) is 0 Å². The van der Waals surface area contributed by atoms with E-state index in [2.05, 4.69) is 42.2 Å². The standard InChI is InChI=1S/C22H23NO/c1-2-3-6-17-24-21-15-10-18(11-16-21)9-13-20-14-12-19-7-4-5-8-22(19)23-20/h4-5,7-16H,2-3,6,17H2,1H3/b13-9+. The monoisotopic (exact) mass is 317 g/mol. The fourth-order valence-corrected chi connectivity index (χ4v) is 2.57. The Labute approximate surface area is 143 Å². The van der Waals surface area contributed by atoms with Gasteiger partial charge in [-0.3, -0.25) is 0 Å². The fourth-order valence-electron chi connectivity index (χ4n) is 2.57. The number of unbranched alkanes of at least 4 members (excludes halogenated alkanes) is 2. The second-order valence-electron chi connectivity index (χ2n) is 5.89. The molecule has 0 atom stereocenters. The minimum absolute atomic E-state index is 0.796. The van der Waals surface area contributed by atoms with Gasteiger partial charge in [0.1, 0.15) is 5.75 Å². The van der Waals surface area contributed by atoms with Crippen molar-refractivity contribution >= 4 is 23.1 Å². The molecule has 3 rings (SSSR count). The Bertz CT molecular complexity index is 806.